The summed E-state index contributed by atoms with van der Waals surface area (Å²) in [6.07, 6.45) is 0.309. The molecule has 0 atom stereocenters. The van der Waals surface area contributed by atoms with Crippen LogP contribution in [0.4, 0.5) is 13.2 Å². The van der Waals surface area contributed by atoms with Crippen LogP contribution in [0.1, 0.15) is 11.3 Å². The van der Waals surface area contributed by atoms with Crippen molar-refractivity contribution < 1.29 is 13.2 Å². The monoisotopic (exact) mass is 364 g/mol. The van der Waals surface area contributed by atoms with Crippen LogP contribution in [0.2, 0.25) is 0 Å². The Labute approximate surface area is 152 Å². The van der Waals surface area contributed by atoms with Crippen molar-refractivity contribution in [3.63, 3.8) is 0 Å². The van der Waals surface area contributed by atoms with Crippen molar-refractivity contribution in [2.24, 2.45) is 0 Å². The van der Waals surface area contributed by atoms with Gasteiger partial charge >= 0.3 is 6.18 Å². The summed E-state index contributed by atoms with van der Waals surface area (Å²) in [7, 11) is 0. The van der Waals surface area contributed by atoms with Gasteiger partial charge in [-0.05, 0) is 30.3 Å². The number of nitrogens with zero attached hydrogens (tertiary/aromatic N) is 4. The zero-order valence-corrected chi connectivity index (χ0v) is 13.8. The van der Waals surface area contributed by atoms with Crippen LogP contribution in [0.15, 0.2) is 67.1 Å². The van der Waals surface area contributed by atoms with Crippen molar-refractivity contribution >= 4 is 5.65 Å². The van der Waals surface area contributed by atoms with Gasteiger partial charge in [0.2, 0.25) is 0 Å². The van der Waals surface area contributed by atoms with E-state index in [1.165, 1.54) is 18.5 Å². The molecule has 0 N–H and O–H groups in total. The lowest BCUT2D eigenvalue weighted by atomic mass is 9.99. The zero-order valence-electron chi connectivity index (χ0n) is 13.8. The molecule has 4 rings (SSSR count). The highest BCUT2D eigenvalue weighted by molar-refractivity contribution is 5.81. The van der Waals surface area contributed by atoms with Crippen LogP contribution in [0.3, 0.4) is 0 Å². The Morgan fingerprint density at radius 3 is 2.59 bits per heavy atom. The first-order chi connectivity index (χ1) is 13.0. The number of alkyl halides is 3. The number of aromatic nitrogens is 3. The average Bonchev–Trinajstić information content (AvgIpc) is 3.10. The van der Waals surface area contributed by atoms with Crippen LogP contribution in [0.5, 0.6) is 0 Å². The Kier molecular flexibility index (Phi) is 3.89. The lowest BCUT2D eigenvalue weighted by Crippen LogP contribution is -2.04. The third-order valence-corrected chi connectivity index (χ3v) is 4.20. The molecule has 0 bridgehead atoms. The predicted molar refractivity (Wildman–Crippen MR) is 93.6 cm³/mol. The number of hydrogen-bond acceptors (Lipinski definition) is 3. The van der Waals surface area contributed by atoms with Gasteiger partial charge < -0.3 is 0 Å². The second-order valence-electron chi connectivity index (χ2n) is 5.88. The van der Waals surface area contributed by atoms with Crippen LogP contribution in [-0.4, -0.2) is 14.4 Å². The molecule has 3 heterocycles. The average molecular weight is 364 g/mol. The molecule has 4 nitrogen and oxygen atoms in total. The second kappa shape index (κ2) is 6.25. The molecule has 0 aliphatic carbocycles. The zero-order chi connectivity index (χ0) is 19.0. The molecule has 0 amide bonds. The highest BCUT2D eigenvalue weighted by Crippen LogP contribution is 2.35. The minimum atomic E-state index is -4.43. The molecule has 0 aliphatic heterocycles. The summed E-state index contributed by atoms with van der Waals surface area (Å²) in [4.78, 5) is 8.44. The number of rotatable bonds is 2. The number of nitriles is 1. The summed E-state index contributed by atoms with van der Waals surface area (Å²) in [5.74, 6) is 0. The highest BCUT2D eigenvalue weighted by Gasteiger charge is 2.30. The van der Waals surface area contributed by atoms with Gasteiger partial charge in [-0.3, -0.25) is 9.38 Å². The van der Waals surface area contributed by atoms with Crippen LogP contribution in [0, 0.1) is 11.3 Å². The van der Waals surface area contributed by atoms with E-state index >= 15 is 0 Å². The van der Waals surface area contributed by atoms with Gasteiger partial charge in [0.1, 0.15) is 17.4 Å². The molecule has 0 spiro atoms. The molecule has 0 fully saturated rings. The van der Waals surface area contributed by atoms with Gasteiger partial charge in [-0.2, -0.15) is 18.4 Å². The van der Waals surface area contributed by atoms with Crippen molar-refractivity contribution in [2.75, 3.05) is 0 Å². The fourth-order valence-electron chi connectivity index (χ4n) is 2.93. The molecule has 0 saturated carbocycles. The van der Waals surface area contributed by atoms with Gasteiger partial charge in [0.25, 0.3) is 0 Å². The van der Waals surface area contributed by atoms with Crippen LogP contribution in [-0.2, 0) is 6.18 Å². The lowest BCUT2D eigenvalue weighted by Gasteiger charge is -2.12. The maximum atomic E-state index is 13.1. The van der Waals surface area contributed by atoms with Crippen molar-refractivity contribution in [3.05, 3.63) is 78.4 Å². The summed E-state index contributed by atoms with van der Waals surface area (Å²) in [6, 6.07) is 14.2. The van der Waals surface area contributed by atoms with E-state index in [-0.39, 0.29) is 0 Å². The van der Waals surface area contributed by atoms with Crippen molar-refractivity contribution in [3.8, 4) is 28.5 Å². The van der Waals surface area contributed by atoms with Gasteiger partial charge in [0, 0.05) is 29.1 Å². The van der Waals surface area contributed by atoms with Gasteiger partial charge in [-0.15, -0.1) is 0 Å². The van der Waals surface area contributed by atoms with Crippen molar-refractivity contribution in [2.45, 2.75) is 6.18 Å². The molecular weight excluding hydrogens is 353 g/mol. The van der Waals surface area contributed by atoms with Crippen LogP contribution >= 0.6 is 0 Å². The number of halogens is 3. The molecule has 4 aromatic rings. The third-order valence-electron chi connectivity index (χ3n) is 4.20. The summed E-state index contributed by atoms with van der Waals surface area (Å²) in [5, 5.41) is 9.20. The molecule has 27 heavy (non-hydrogen) atoms. The molecule has 0 saturated heterocycles. The maximum absolute atomic E-state index is 13.1. The van der Waals surface area contributed by atoms with E-state index in [2.05, 4.69) is 16.0 Å². The molecule has 132 valence electrons. The van der Waals surface area contributed by atoms with Crippen molar-refractivity contribution in [1.82, 2.24) is 14.4 Å². The number of benzene rings is 1. The summed E-state index contributed by atoms with van der Waals surface area (Å²) < 4.78 is 40.8. The lowest BCUT2D eigenvalue weighted by molar-refractivity contribution is -0.137. The summed E-state index contributed by atoms with van der Waals surface area (Å²) in [5.41, 5.74) is 2.44. The van der Waals surface area contributed by atoms with E-state index < -0.39 is 11.7 Å². The van der Waals surface area contributed by atoms with Crippen molar-refractivity contribution in [1.29, 1.82) is 5.26 Å². The summed E-state index contributed by atoms with van der Waals surface area (Å²) >= 11 is 0. The largest absolute Gasteiger partial charge is 0.416 e. The van der Waals surface area contributed by atoms with Gasteiger partial charge in [0.05, 0.1) is 17.5 Å². The van der Waals surface area contributed by atoms with Gasteiger partial charge in [0.15, 0.2) is 0 Å². The molecule has 0 unspecified atom stereocenters. The third kappa shape index (κ3) is 3.02. The minimum Gasteiger partial charge on any atom is -0.291 e. The SMILES string of the molecule is N#Cc1cnc2ccc(-c3cccnc3-c3cccc(C(F)(F)F)c3)cn12. The first-order valence-corrected chi connectivity index (χ1v) is 7.97. The van der Waals surface area contributed by atoms with E-state index in [1.807, 2.05) is 0 Å². The number of pyridine rings is 2. The van der Waals surface area contributed by atoms with E-state index in [9.17, 15) is 18.4 Å². The molecule has 3 aromatic heterocycles. The Hall–Kier alpha value is -3.66. The molecule has 0 aliphatic rings. The van der Waals surface area contributed by atoms with Gasteiger partial charge in [-0.25, -0.2) is 4.98 Å². The number of hydrogen-bond donors (Lipinski definition) is 0. The Morgan fingerprint density at radius 2 is 1.81 bits per heavy atom. The smallest absolute Gasteiger partial charge is 0.291 e. The first kappa shape index (κ1) is 16.8. The highest BCUT2D eigenvalue weighted by atomic mass is 19.4. The molecule has 7 heteroatoms. The van der Waals surface area contributed by atoms with E-state index in [1.54, 1.807) is 40.9 Å². The van der Waals surface area contributed by atoms with E-state index in [4.69, 9.17) is 0 Å². The van der Waals surface area contributed by atoms with E-state index in [0.717, 1.165) is 17.7 Å². The maximum Gasteiger partial charge on any atom is 0.416 e. The Balaban J connectivity index is 1.89. The molecule has 0 radical (unpaired) electrons. The first-order valence-electron chi connectivity index (χ1n) is 7.97. The van der Waals surface area contributed by atoms with E-state index in [0.29, 0.717) is 28.2 Å². The normalized spacial score (nSPS) is 11.5. The standard InChI is InChI=1S/C20H11F3N4/c21-20(22,23)15-4-1-3-13(9-15)19-17(5-2-8-25-19)14-6-7-18-26-11-16(10-24)27(18)12-14/h1-9,11-12H. The Morgan fingerprint density at radius 1 is 0.963 bits per heavy atom. The van der Waals surface area contributed by atoms with Gasteiger partial charge in [-0.1, -0.05) is 18.2 Å². The number of fused-ring (bicyclic) bond motifs is 1. The quantitative estimate of drug-likeness (QED) is 0.505. The minimum absolute atomic E-state index is 0.367. The molecule has 1 aromatic carbocycles. The van der Waals surface area contributed by atoms with Crippen LogP contribution in [0.25, 0.3) is 28.0 Å². The Bertz CT molecular complexity index is 1190. The predicted octanol–water partition coefficient (Wildman–Crippen LogP) is 4.95. The fraction of sp³-hybridized carbons (Fsp3) is 0.0500. The summed E-state index contributed by atoms with van der Waals surface area (Å²) in [6.45, 7) is 0. The fourth-order valence-corrected chi connectivity index (χ4v) is 2.93. The molecular formula is C20H11F3N4. The van der Waals surface area contributed by atoms with Crippen LogP contribution < -0.4 is 0 Å². The second-order valence-corrected chi connectivity index (χ2v) is 5.88. The number of imidazole rings is 1. The topological polar surface area (TPSA) is 54.0 Å².